The normalized spacial score (nSPS) is 15.0. The lowest BCUT2D eigenvalue weighted by Gasteiger charge is -2.18. The number of benzene rings is 2. The van der Waals surface area contributed by atoms with Gasteiger partial charge >= 0.3 is 5.97 Å². The Labute approximate surface area is 197 Å². The molecule has 10 heteroatoms. The molecule has 1 fully saturated rings. The van der Waals surface area contributed by atoms with Crippen LogP contribution >= 0.6 is 0 Å². The summed E-state index contributed by atoms with van der Waals surface area (Å²) >= 11 is 0. The second kappa shape index (κ2) is 10.7. The molecule has 0 aromatic heterocycles. The topological polar surface area (TPSA) is 123 Å². The first-order chi connectivity index (χ1) is 16.2. The van der Waals surface area contributed by atoms with Gasteiger partial charge in [-0.1, -0.05) is 6.07 Å². The van der Waals surface area contributed by atoms with Crippen molar-refractivity contribution in [3.63, 3.8) is 0 Å². The quantitative estimate of drug-likeness (QED) is 0.567. The highest BCUT2D eigenvalue weighted by Crippen LogP contribution is 2.23. The van der Waals surface area contributed by atoms with Crippen LogP contribution in [-0.2, 0) is 19.1 Å². The third-order valence-corrected chi connectivity index (χ3v) is 5.44. The van der Waals surface area contributed by atoms with Gasteiger partial charge < -0.3 is 19.5 Å². The van der Waals surface area contributed by atoms with E-state index in [0.717, 1.165) is 16.1 Å². The Balaban J connectivity index is 1.52. The van der Waals surface area contributed by atoms with Gasteiger partial charge in [-0.2, -0.15) is 0 Å². The summed E-state index contributed by atoms with van der Waals surface area (Å²) in [7, 11) is 2.91. The second-order valence-corrected chi connectivity index (χ2v) is 7.90. The molecular formula is C24H27N3O7. The van der Waals surface area contributed by atoms with E-state index in [9.17, 15) is 19.2 Å². The summed E-state index contributed by atoms with van der Waals surface area (Å²) < 4.78 is 15.4. The van der Waals surface area contributed by atoms with E-state index in [4.69, 9.17) is 14.2 Å². The summed E-state index contributed by atoms with van der Waals surface area (Å²) in [5, 5.41) is 3.73. The molecule has 34 heavy (non-hydrogen) atoms. The Morgan fingerprint density at radius 1 is 1.00 bits per heavy atom. The van der Waals surface area contributed by atoms with Gasteiger partial charge in [0.1, 0.15) is 11.5 Å². The number of nitrogens with zero attached hydrogens (tertiary/aromatic N) is 1. The highest BCUT2D eigenvalue weighted by atomic mass is 16.5. The van der Waals surface area contributed by atoms with Crippen LogP contribution in [0.3, 0.4) is 0 Å². The first-order valence-electron chi connectivity index (χ1n) is 10.6. The number of anilines is 1. The number of aryl methyl sites for hydroxylation is 2. The van der Waals surface area contributed by atoms with Crippen molar-refractivity contribution in [3.8, 4) is 11.5 Å². The van der Waals surface area contributed by atoms with Crippen LogP contribution in [0.5, 0.6) is 11.5 Å². The molecule has 2 aromatic carbocycles. The van der Waals surface area contributed by atoms with E-state index in [1.807, 2.05) is 26.0 Å². The minimum atomic E-state index is -0.804. The molecule has 0 spiro atoms. The van der Waals surface area contributed by atoms with Crippen molar-refractivity contribution in [2.45, 2.75) is 20.3 Å². The second-order valence-electron chi connectivity index (χ2n) is 7.90. The number of rotatable bonds is 8. The molecule has 0 unspecified atom stereocenters. The Kier molecular flexibility index (Phi) is 7.72. The summed E-state index contributed by atoms with van der Waals surface area (Å²) in [6, 6.07) is 10.1. The van der Waals surface area contributed by atoms with E-state index >= 15 is 0 Å². The number of amides is 3. The Morgan fingerprint density at radius 3 is 2.29 bits per heavy atom. The molecule has 1 aliphatic rings. The molecule has 3 amide bonds. The van der Waals surface area contributed by atoms with Crippen LogP contribution in [0.4, 0.5) is 5.69 Å². The molecule has 0 aliphatic carbocycles. The fourth-order valence-electron chi connectivity index (χ4n) is 3.37. The smallest absolute Gasteiger partial charge is 0.311 e. The molecule has 2 aromatic rings. The van der Waals surface area contributed by atoms with Crippen molar-refractivity contribution in [3.05, 3.63) is 53.1 Å². The molecule has 2 N–H and O–H groups in total. The van der Waals surface area contributed by atoms with Gasteiger partial charge in [-0.05, 0) is 49.2 Å². The number of ether oxygens (including phenoxy) is 3. The molecule has 1 saturated heterocycles. The standard InChI is InChI=1S/C24H27N3O7/c1-14-5-6-18(7-15(14)2)25-21(28)13-34-24(31)17-10-22(29)27(12-17)26-23(30)16-8-19(32-3)11-20(9-16)33-4/h5-9,11,17H,10,12-13H2,1-4H3,(H,25,28)(H,26,30)/t17-/m1/s1. The van der Waals surface area contributed by atoms with Gasteiger partial charge in [-0.15, -0.1) is 0 Å². The maximum Gasteiger partial charge on any atom is 0.311 e. The Hall–Kier alpha value is -4.08. The van der Waals surface area contributed by atoms with E-state index in [1.165, 1.54) is 26.4 Å². The van der Waals surface area contributed by atoms with Crippen molar-refractivity contribution in [2.75, 3.05) is 32.7 Å². The monoisotopic (exact) mass is 469 g/mol. The largest absolute Gasteiger partial charge is 0.497 e. The summed E-state index contributed by atoms with van der Waals surface area (Å²) in [5.41, 5.74) is 5.42. The zero-order chi connectivity index (χ0) is 24.8. The minimum absolute atomic E-state index is 0.0662. The third kappa shape index (κ3) is 6.03. The van der Waals surface area contributed by atoms with Gasteiger partial charge in [0.2, 0.25) is 5.91 Å². The van der Waals surface area contributed by atoms with Crippen LogP contribution in [0, 0.1) is 19.8 Å². The molecule has 0 bridgehead atoms. The van der Waals surface area contributed by atoms with Gasteiger partial charge in [0.05, 0.1) is 26.7 Å². The Morgan fingerprint density at radius 2 is 1.68 bits per heavy atom. The molecule has 1 aliphatic heterocycles. The first-order valence-corrected chi connectivity index (χ1v) is 10.6. The highest BCUT2D eigenvalue weighted by Gasteiger charge is 2.36. The number of carbonyl (C=O) groups is 4. The average molecular weight is 469 g/mol. The maximum absolute atomic E-state index is 12.6. The molecule has 3 rings (SSSR count). The molecule has 180 valence electrons. The predicted molar refractivity (Wildman–Crippen MR) is 122 cm³/mol. The number of hydrogen-bond acceptors (Lipinski definition) is 7. The van der Waals surface area contributed by atoms with Crippen LogP contribution in [-0.4, -0.2) is 56.1 Å². The fraction of sp³-hybridized carbons (Fsp3) is 0.333. The van der Waals surface area contributed by atoms with Crippen LogP contribution in [0.2, 0.25) is 0 Å². The predicted octanol–water partition coefficient (Wildman–Crippen LogP) is 2.00. The molecule has 0 radical (unpaired) electrons. The van der Waals surface area contributed by atoms with Crippen LogP contribution in [0.1, 0.15) is 27.9 Å². The summed E-state index contributed by atoms with van der Waals surface area (Å²) in [4.78, 5) is 49.4. The van der Waals surface area contributed by atoms with Crippen LogP contribution in [0.15, 0.2) is 36.4 Å². The van der Waals surface area contributed by atoms with Crippen molar-refractivity contribution in [1.82, 2.24) is 10.4 Å². The first kappa shape index (κ1) is 24.6. The highest BCUT2D eigenvalue weighted by molar-refractivity contribution is 5.97. The number of hydrogen-bond donors (Lipinski definition) is 2. The average Bonchev–Trinajstić information content (AvgIpc) is 3.19. The lowest BCUT2D eigenvalue weighted by Crippen LogP contribution is -2.43. The van der Waals surface area contributed by atoms with E-state index < -0.39 is 36.2 Å². The third-order valence-electron chi connectivity index (χ3n) is 5.44. The number of nitrogens with one attached hydrogen (secondary N) is 2. The van der Waals surface area contributed by atoms with Crippen molar-refractivity contribution in [1.29, 1.82) is 0 Å². The molecule has 10 nitrogen and oxygen atoms in total. The summed E-state index contributed by atoms with van der Waals surface area (Å²) in [6.45, 7) is 3.35. The van der Waals surface area contributed by atoms with E-state index in [1.54, 1.807) is 12.1 Å². The van der Waals surface area contributed by atoms with Gasteiger partial charge in [0.25, 0.3) is 11.8 Å². The van der Waals surface area contributed by atoms with Gasteiger partial charge in [0, 0.05) is 23.7 Å². The van der Waals surface area contributed by atoms with Crippen molar-refractivity contribution in [2.24, 2.45) is 5.92 Å². The molecule has 0 saturated carbocycles. The number of carbonyl (C=O) groups excluding carboxylic acids is 4. The lowest BCUT2D eigenvalue weighted by molar-refractivity contribution is -0.151. The van der Waals surface area contributed by atoms with E-state index in [-0.39, 0.29) is 18.5 Å². The van der Waals surface area contributed by atoms with Gasteiger partial charge in [-0.25, -0.2) is 0 Å². The SMILES string of the molecule is COc1cc(OC)cc(C(=O)NN2C[C@H](C(=O)OCC(=O)Nc3ccc(C)c(C)c3)CC2=O)c1. The van der Waals surface area contributed by atoms with Gasteiger partial charge in [-0.3, -0.25) is 29.6 Å². The van der Waals surface area contributed by atoms with E-state index in [0.29, 0.717) is 17.2 Å². The number of methoxy groups -OCH3 is 2. The lowest BCUT2D eigenvalue weighted by atomic mass is 10.1. The van der Waals surface area contributed by atoms with Gasteiger partial charge in [0.15, 0.2) is 6.61 Å². The Bertz CT molecular complexity index is 1090. The zero-order valence-electron chi connectivity index (χ0n) is 19.5. The summed E-state index contributed by atoms with van der Waals surface area (Å²) in [5.74, 6) is -2.16. The molecular weight excluding hydrogens is 442 g/mol. The molecule has 1 atom stereocenters. The molecule has 1 heterocycles. The maximum atomic E-state index is 12.6. The zero-order valence-corrected chi connectivity index (χ0v) is 19.5. The number of esters is 1. The number of hydrazine groups is 1. The fourth-order valence-corrected chi connectivity index (χ4v) is 3.37. The van der Waals surface area contributed by atoms with Crippen molar-refractivity contribution >= 4 is 29.4 Å². The van der Waals surface area contributed by atoms with Crippen LogP contribution < -0.4 is 20.2 Å². The van der Waals surface area contributed by atoms with Crippen molar-refractivity contribution < 1.29 is 33.4 Å². The van der Waals surface area contributed by atoms with Crippen LogP contribution in [0.25, 0.3) is 0 Å². The summed E-state index contributed by atoms with van der Waals surface area (Å²) in [6.07, 6.45) is -0.140. The van der Waals surface area contributed by atoms with E-state index in [2.05, 4.69) is 10.7 Å². The minimum Gasteiger partial charge on any atom is -0.497 e.